The lowest BCUT2D eigenvalue weighted by Gasteiger charge is -2.18. The Kier molecular flexibility index (Phi) is 5.04. The van der Waals surface area contributed by atoms with Gasteiger partial charge in [0.2, 0.25) is 0 Å². The van der Waals surface area contributed by atoms with E-state index in [-0.39, 0.29) is 6.42 Å². The van der Waals surface area contributed by atoms with Crippen LogP contribution >= 0.6 is 11.6 Å². The number of hydrogen-bond acceptors (Lipinski definition) is 2. The SMILES string of the molecule is CCc1nn(C)c(CC(CC(F)(F)F)NC)c1Cl. The Bertz CT molecular complexity index is 401. The van der Waals surface area contributed by atoms with E-state index in [1.54, 1.807) is 11.7 Å². The third-order valence-electron chi connectivity index (χ3n) is 2.83. The molecule has 1 aromatic rings. The van der Waals surface area contributed by atoms with Crippen LogP contribution in [0.25, 0.3) is 0 Å². The van der Waals surface area contributed by atoms with E-state index in [1.165, 1.54) is 7.05 Å². The Morgan fingerprint density at radius 1 is 1.44 bits per heavy atom. The average molecular weight is 284 g/mol. The normalized spacial score (nSPS) is 13.9. The summed E-state index contributed by atoms with van der Waals surface area (Å²) in [6, 6.07) is -0.692. The van der Waals surface area contributed by atoms with Gasteiger partial charge in [0.05, 0.1) is 22.8 Å². The monoisotopic (exact) mass is 283 g/mol. The molecule has 0 amide bonds. The van der Waals surface area contributed by atoms with Crippen LogP contribution in [0.15, 0.2) is 0 Å². The van der Waals surface area contributed by atoms with Crippen LogP contribution in [-0.4, -0.2) is 29.0 Å². The number of aromatic nitrogens is 2. The van der Waals surface area contributed by atoms with Crippen molar-refractivity contribution in [3.8, 4) is 0 Å². The molecule has 18 heavy (non-hydrogen) atoms. The van der Waals surface area contributed by atoms with Crippen LogP contribution in [0.5, 0.6) is 0 Å². The predicted octanol–water partition coefficient (Wildman–Crippen LogP) is 2.72. The fraction of sp³-hybridized carbons (Fsp3) is 0.727. The van der Waals surface area contributed by atoms with E-state index in [0.29, 0.717) is 17.1 Å². The molecule has 0 bridgehead atoms. The van der Waals surface area contributed by atoms with Crippen molar-refractivity contribution in [3.63, 3.8) is 0 Å². The van der Waals surface area contributed by atoms with Crippen LogP contribution in [-0.2, 0) is 19.9 Å². The molecule has 1 rings (SSSR count). The van der Waals surface area contributed by atoms with Crippen LogP contribution in [0.1, 0.15) is 24.7 Å². The van der Waals surface area contributed by atoms with E-state index >= 15 is 0 Å². The molecule has 0 fully saturated rings. The molecular formula is C11H17ClF3N3. The van der Waals surface area contributed by atoms with E-state index in [0.717, 1.165) is 5.69 Å². The highest BCUT2D eigenvalue weighted by Crippen LogP contribution is 2.26. The maximum absolute atomic E-state index is 12.4. The number of nitrogens with zero attached hydrogens (tertiary/aromatic N) is 2. The summed E-state index contributed by atoms with van der Waals surface area (Å²) in [6.45, 7) is 1.91. The first-order valence-electron chi connectivity index (χ1n) is 5.72. The van der Waals surface area contributed by atoms with Gasteiger partial charge in [0.15, 0.2) is 0 Å². The molecule has 0 aliphatic carbocycles. The number of aryl methyl sites for hydroxylation is 2. The summed E-state index contributed by atoms with van der Waals surface area (Å²) < 4.78 is 38.7. The van der Waals surface area contributed by atoms with E-state index in [1.807, 2.05) is 6.92 Å². The third kappa shape index (κ3) is 3.88. The quantitative estimate of drug-likeness (QED) is 0.900. The summed E-state index contributed by atoms with van der Waals surface area (Å²) in [5.74, 6) is 0. The van der Waals surface area contributed by atoms with E-state index in [2.05, 4.69) is 10.4 Å². The van der Waals surface area contributed by atoms with Gasteiger partial charge in [0.1, 0.15) is 0 Å². The van der Waals surface area contributed by atoms with Gasteiger partial charge in [-0.15, -0.1) is 0 Å². The molecular weight excluding hydrogens is 267 g/mol. The van der Waals surface area contributed by atoms with Crippen molar-refractivity contribution in [2.75, 3.05) is 7.05 Å². The number of hydrogen-bond donors (Lipinski definition) is 1. The maximum atomic E-state index is 12.4. The van der Waals surface area contributed by atoms with Crippen LogP contribution in [0.2, 0.25) is 5.02 Å². The predicted molar refractivity (Wildman–Crippen MR) is 64.8 cm³/mol. The Morgan fingerprint density at radius 2 is 2.06 bits per heavy atom. The van der Waals surface area contributed by atoms with Gasteiger partial charge in [0.25, 0.3) is 0 Å². The van der Waals surface area contributed by atoms with Crippen LogP contribution < -0.4 is 5.32 Å². The summed E-state index contributed by atoms with van der Waals surface area (Å²) in [4.78, 5) is 0. The van der Waals surface area contributed by atoms with E-state index < -0.39 is 18.6 Å². The number of nitrogens with one attached hydrogen (secondary N) is 1. The second-order valence-corrected chi connectivity index (χ2v) is 4.57. The number of likely N-dealkylation sites (N-methyl/N-ethyl adjacent to an activating group) is 1. The molecule has 1 atom stereocenters. The minimum Gasteiger partial charge on any atom is -0.316 e. The standard InChI is InChI=1S/C11H17ClF3N3/c1-4-8-10(12)9(18(3)17-8)5-7(16-2)6-11(13,14)15/h7,16H,4-6H2,1-3H3. The van der Waals surface area contributed by atoms with Crippen molar-refractivity contribution in [3.05, 3.63) is 16.4 Å². The van der Waals surface area contributed by atoms with Crippen molar-refractivity contribution in [1.82, 2.24) is 15.1 Å². The summed E-state index contributed by atoms with van der Waals surface area (Å²) in [6.07, 6.45) is -4.20. The van der Waals surface area contributed by atoms with Gasteiger partial charge >= 0.3 is 6.18 Å². The summed E-state index contributed by atoms with van der Waals surface area (Å²) >= 11 is 6.11. The summed E-state index contributed by atoms with van der Waals surface area (Å²) in [5, 5.41) is 7.33. The molecule has 1 heterocycles. The molecule has 1 N–H and O–H groups in total. The van der Waals surface area contributed by atoms with Gasteiger partial charge in [-0.05, 0) is 13.5 Å². The highest BCUT2D eigenvalue weighted by Gasteiger charge is 2.32. The molecule has 0 saturated heterocycles. The van der Waals surface area contributed by atoms with Gasteiger partial charge in [0, 0.05) is 19.5 Å². The molecule has 1 aromatic heterocycles. The Morgan fingerprint density at radius 3 is 2.44 bits per heavy atom. The molecule has 0 saturated carbocycles. The van der Waals surface area contributed by atoms with Gasteiger partial charge in [-0.2, -0.15) is 18.3 Å². The van der Waals surface area contributed by atoms with Crippen molar-refractivity contribution in [1.29, 1.82) is 0 Å². The minimum atomic E-state index is -4.19. The number of halogens is 4. The zero-order valence-corrected chi connectivity index (χ0v) is 11.4. The molecule has 7 heteroatoms. The first-order chi connectivity index (χ1) is 8.28. The fourth-order valence-corrected chi connectivity index (χ4v) is 2.20. The van der Waals surface area contributed by atoms with Crippen LogP contribution in [0.4, 0.5) is 13.2 Å². The van der Waals surface area contributed by atoms with Gasteiger partial charge in [-0.1, -0.05) is 18.5 Å². The first-order valence-corrected chi connectivity index (χ1v) is 6.10. The molecule has 0 aromatic carbocycles. The molecule has 0 aliphatic heterocycles. The molecule has 0 aliphatic rings. The molecule has 3 nitrogen and oxygen atoms in total. The fourth-order valence-electron chi connectivity index (χ4n) is 1.83. The first kappa shape index (κ1) is 15.3. The maximum Gasteiger partial charge on any atom is 0.390 e. The Hall–Kier alpha value is -0.750. The molecule has 0 spiro atoms. The largest absolute Gasteiger partial charge is 0.390 e. The van der Waals surface area contributed by atoms with Crippen LogP contribution in [0, 0.1) is 0 Å². The number of rotatable bonds is 5. The van der Waals surface area contributed by atoms with E-state index in [4.69, 9.17) is 11.6 Å². The molecule has 1 unspecified atom stereocenters. The van der Waals surface area contributed by atoms with Crippen LogP contribution in [0.3, 0.4) is 0 Å². The lowest BCUT2D eigenvalue weighted by molar-refractivity contribution is -0.139. The van der Waals surface area contributed by atoms with Crippen molar-refractivity contribution in [2.24, 2.45) is 7.05 Å². The minimum absolute atomic E-state index is 0.207. The summed E-state index contributed by atoms with van der Waals surface area (Å²) in [5.41, 5.74) is 1.35. The lowest BCUT2D eigenvalue weighted by Crippen LogP contribution is -2.33. The second-order valence-electron chi connectivity index (χ2n) is 4.19. The molecule has 0 radical (unpaired) electrons. The zero-order chi connectivity index (χ0) is 13.9. The zero-order valence-electron chi connectivity index (χ0n) is 10.6. The smallest absolute Gasteiger partial charge is 0.316 e. The highest BCUT2D eigenvalue weighted by molar-refractivity contribution is 6.31. The third-order valence-corrected chi connectivity index (χ3v) is 3.27. The lowest BCUT2D eigenvalue weighted by atomic mass is 10.1. The average Bonchev–Trinajstić information content (AvgIpc) is 2.53. The Balaban J connectivity index is 2.85. The van der Waals surface area contributed by atoms with Crippen molar-refractivity contribution in [2.45, 2.75) is 38.4 Å². The number of alkyl halides is 3. The van der Waals surface area contributed by atoms with Gasteiger partial charge in [-0.3, -0.25) is 4.68 Å². The van der Waals surface area contributed by atoms with Crippen molar-refractivity contribution < 1.29 is 13.2 Å². The van der Waals surface area contributed by atoms with Gasteiger partial charge < -0.3 is 5.32 Å². The van der Waals surface area contributed by atoms with Gasteiger partial charge in [-0.25, -0.2) is 0 Å². The molecule has 104 valence electrons. The van der Waals surface area contributed by atoms with E-state index in [9.17, 15) is 13.2 Å². The highest BCUT2D eigenvalue weighted by atomic mass is 35.5. The second kappa shape index (κ2) is 5.93. The Labute approximate surface area is 109 Å². The topological polar surface area (TPSA) is 29.9 Å². The van der Waals surface area contributed by atoms with Crippen molar-refractivity contribution >= 4 is 11.6 Å². The summed E-state index contributed by atoms with van der Waals surface area (Å²) in [7, 11) is 3.21.